The van der Waals surface area contributed by atoms with Crippen LogP contribution in [0.2, 0.25) is 5.28 Å². The van der Waals surface area contributed by atoms with Crippen molar-refractivity contribution in [2.24, 2.45) is 0 Å². The number of ether oxygens (including phenoxy) is 1. The van der Waals surface area contributed by atoms with Crippen LogP contribution in [0.15, 0.2) is 54.2 Å². The summed E-state index contributed by atoms with van der Waals surface area (Å²) in [6, 6.07) is 13.8. The van der Waals surface area contributed by atoms with E-state index >= 15 is 0 Å². The van der Waals surface area contributed by atoms with Crippen LogP contribution in [0.1, 0.15) is 16.7 Å². The molecule has 0 aliphatic rings. The lowest BCUT2D eigenvalue weighted by atomic mass is 10.1. The third-order valence-corrected chi connectivity index (χ3v) is 4.38. The average molecular weight is 423 g/mol. The summed E-state index contributed by atoms with van der Waals surface area (Å²) < 4.78 is 19.2. The van der Waals surface area contributed by atoms with Crippen LogP contribution in [-0.4, -0.2) is 15.9 Å². The van der Waals surface area contributed by atoms with Crippen molar-refractivity contribution in [3.63, 3.8) is 0 Å². The molecule has 2 aromatic carbocycles. The van der Waals surface area contributed by atoms with Crippen molar-refractivity contribution in [1.82, 2.24) is 9.97 Å². The highest BCUT2D eigenvalue weighted by Crippen LogP contribution is 2.24. The van der Waals surface area contributed by atoms with Gasteiger partial charge < -0.3 is 10.1 Å². The number of nitrogens with zero attached hydrogens (tertiary/aromatic N) is 3. The zero-order valence-corrected chi connectivity index (χ0v) is 16.9. The van der Waals surface area contributed by atoms with Crippen molar-refractivity contribution >= 4 is 29.3 Å². The lowest BCUT2D eigenvalue weighted by Crippen LogP contribution is -2.13. The van der Waals surface area contributed by atoms with E-state index in [1.807, 2.05) is 32.0 Å². The van der Waals surface area contributed by atoms with Gasteiger partial charge >= 0.3 is 0 Å². The molecule has 150 valence electrons. The van der Waals surface area contributed by atoms with Gasteiger partial charge in [-0.1, -0.05) is 18.2 Å². The third kappa shape index (κ3) is 5.19. The molecule has 0 saturated carbocycles. The minimum atomic E-state index is -0.772. The molecule has 0 radical (unpaired) electrons. The summed E-state index contributed by atoms with van der Waals surface area (Å²) in [4.78, 5) is 19.7. The van der Waals surface area contributed by atoms with E-state index in [-0.39, 0.29) is 22.5 Å². The number of halogens is 2. The molecule has 0 saturated heterocycles. The normalized spacial score (nSPS) is 11.0. The Morgan fingerprint density at radius 1 is 1.23 bits per heavy atom. The van der Waals surface area contributed by atoms with Gasteiger partial charge in [-0.15, -0.1) is 0 Å². The molecule has 0 aliphatic carbocycles. The Kier molecular flexibility index (Phi) is 6.40. The van der Waals surface area contributed by atoms with Gasteiger partial charge in [-0.3, -0.25) is 4.79 Å². The number of carbonyl (C=O) groups excluding carboxylic acids is 1. The highest BCUT2D eigenvalue weighted by atomic mass is 35.5. The van der Waals surface area contributed by atoms with E-state index in [1.54, 1.807) is 24.3 Å². The fraction of sp³-hybridized carbons (Fsp3) is 0.0909. The zero-order valence-electron chi connectivity index (χ0n) is 16.1. The molecule has 0 spiro atoms. The molecule has 8 heteroatoms. The van der Waals surface area contributed by atoms with Gasteiger partial charge in [0.25, 0.3) is 11.8 Å². The van der Waals surface area contributed by atoms with Gasteiger partial charge in [0, 0.05) is 5.69 Å². The van der Waals surface area contributed by atoms with E-state index in [0.717, 1.165) is 17.3 Å². The van der Waals surface area contributed by atoms with E-state index < -0.39 is 11.7 Å². The van der Waals surface area contributed by atoms with Gasteiger partial charge in [-0.05, 0) is 72.5 Å². The second-order valence-electron chi connectivity index (χ2n) is 6.39. The smallest absolute Gasteiger partial charge is 0.266 e. The molecular weight excluding hydrogens is 407 g/mol. The van der Waals surface area contributed by atoms with Crippen molar-refractivity contribution in [2.45, 2.75) is 13.8 Å². The molecule has 3 rings (SSSR count). The first-order valence-corrected chi connectivity index (χ1v) is 9.20. The maximum atomic E-state index is 13.8. The van der Waals surface area contributed by atoms with Crippen LogP contribution in [0.25, 0.3) is 6.08 Å². The van der Waals surface area contributed by atoms with Gasteiger partial charge in [-0.25, -0.2) is 4.98 Å². The first-order valence-electron chi connectivity index (χ1n) is 8.82. The summed E-state index contributed by atoms with van der Waals surface area (Å²) >= 11 is 5.66. The number of nitriles is 1. The van der Waals surface area contributed by atoms with Crippen molar-refractivity contribution in [3.05, 3.63) is 82.0 Å². The van der Waals surface area contributed by atoms with Crippen molar-refractivity contribution in [1.29, 1.82) is 5.26 Å². The molecule has 0 atom stereocenters. The number of hydrogen-bond donors (Lipinski definition) is 1. The van der Waals surface area contributed by atoms with Crippen LogP contribution in [0, 0.1) is 31.0 Å². The standard InChI is InChI=1S/C22H16ClFN4O2/c1-13-6-7-17(8-14(13)2)27-20(29)16(11-25)9-15-4-3-5-18(10-15)30-21-19(24)12-26-22(23)28-21/h3-10,12H,1-2H3,(H,27,29)/b16-9+. The average Bonchev–Trinajstić information content (AvgIpc) is 2.72. The van der Waals surface area contributed by atoms with Gasteiger partial charge in [-0.2, -0.15) is 14.6 Å². The predicted molar refractivity (Wildman–Crippen MR) is 112 cm³/mol. The van der Waals surface area contributed by atoms with Gasteiger partial charge in [0.1, 0.15) is 17.4 Å². The Bertz CT molecular complexity index is 1190. The van der Waals surface area contributed by atoms with Crippen LogP contribution in [0.3, 0.4) is 0 Å². The minimum Gasteiger partial charge on any atom is -0.436 e. The Balaban J connectivity index is 1.81. The topological polar surface area (TPSA) is 87.9 Å². The molecule has 1 aromatic heterocycles. The first-order chi connectivity index (χ1) is 14.4. The number of rotatable bonds is 5. The van der Waals surface area contributed by atoms with E-state index in [2.05, 4.69) is 15.3 Å². The van der Waals surface area contributed by atoms with Crippen LogP contribution in [0.5, 0.6) is 11.6 Å². The number of amides is 1. The number of aryl methyl sites for hydroxylation is 2. The highest BCUT2D eigenvalue weighted by molar-refractivity contribution is 6.28. The van der Waals surface area contributed by atoms with Crippen molar-refractivity contribution in [2.75, 3.05) is 5.32 Å². The fourth-order valence-electron chi connectivity index (χ4n) is 2.52. The lowest BCUT2D eigenvalue weighted by Gasteiger charge is -2.08. The fourth-order valence-corrected chi connectivity index (χ4v) is 2.64. The van der Waals surface area contributed by atoms with Crippen molar-refractivity contribution in [3.8, 4) is 17.7 Å². The van der Waals surface area contributed by atoms with Gasteiger partial charge in [0.2, 0.25) is 11.1 Å². The molecule has 0 fully saturated rings. The Morgan fingerprint density at radius 3 is 2.77 bits per heavy atom. The molecule has 1 heterocycles. The van der Waals surface area contributed by atoms with E-state index in [0.29, 0.717) is 11.3 Å². The van der Waals surface area contributed by atoms with Crippen LogP contribution in [-0.2, 0) is 4.79 Å². The molecule has 1 N–H and O–H groups in total. The largest absolute Gasteiger partial charge is 0.436 e. The molecule has 30 heavy (non-hydrogen) atoms. The minimum absolute atomic E-state index is 0.0957. The zero-order chi connectivity index (χ0) is 21.7. The van der Waals surface area contributed by atoms with Gasteiger partial charge in [0.15, 0.2) is 0 Å². The summed E-state index contributed by atoms with van der Waals surface area (Å²) in [5, 5.41) is 12.0. The quantitative estimate of drug-likeness (QED) is 0.346. The maximum absolute atomic E-state index is 13.8. The summed E-state index contributed by atoms with van der Waals surface area (Å²) in [5.41, 5.74) is 3.14. The second-order valence-corrected chi connectivity index (χ2v) is 6.73. The second kappa shape index (κ2) is 9.16. The molecule has 0 bridgehead atoms. The molecule has 1 amide bonds. The van der Waals surface area contributed by atoms with Crippen LogP contribution >= 0.6 is 11.6 Å². The van der Waals surface area contributed by atoms with Gasteiger partial charge in [0.05, 0.1) is 6.20 Å². The summed E-state index contributed by atoms with van der Waals surface area (Å²) in [6.07, 6.45) is 2.31. The number of anilines is 1. The lowest BCUT2D eigenvalue weighted by molar-refractivity contribution is -0.112. The van der Waals surface area contributed by atoms with E-state index in [1.165, 1.54) is 12.1 Å². The number of carbonyl (C=O) groups is 1. The number of nitrogens with one attached hydrogen (secondary N) is 1. The number of hydrogen-bond acceptors (Lipinski definition) is 5. The SMILES string of the molecule is Cc1ccc(NC(=O)/C(C#N)=C/c2cccc(Oc3nc(Cl)ncc3F)c2)cc1C. The first kappa shape index (κ1) is 21.0. The number of aromatic nitrogens is 2. The van der Waals surface area contributed by atoms with E-state index in [4.69, 9.17) is 16.3 Å². The molecule has 6 nitrogen and oxygen atoms in total. The predicted octanol–water partition coefficient (Wildman–Crippen LogP) is 5.22. The summed E-state index contributed by atoms with van der Waals surface area (Å²) in [6.45, 7) is 3.91. The number of benzene rings is 2. The molecule has 0 unspecified atom stereocenters. The van der Waals surface area contributed by atoms with Crippen LogP contribution in [0.4, 0.5) is 10.1 Å². The van der Waals surface area contributed by atoms with Crippen LogP contribution < -0.4 is 10.1 Å². The molecule has 3 aromatic rings. The highest BCUT2D eigenvalue weighted by Gasteiger charge is 2.12. The summed E-state index contributed by atoms with van der Waals surface area (Å²) in [5.74, 6) is -1.39. The Hall–Kier alpha value is -3.76. The third-order valence-electron chi connectivity index (χ3n) is 4.20. The molecular formula is C22H16ClFN4O2. The van der Waals surface area contributed by atoms with Crippen molar-refractivity contribution < 1.29 is 13.9 Å². The molecule has 0 aliphatic heterocycles. The summed E-state index contributed by atoms with van der Waals surface area (Å²) in [7, 11) is 0. The van der Waals surface area contributed by atoms with E-state index in [9.17, 15) is 14.4 Å². The monoisotopic (exact) mass is 422 g/mol. The maximum Gasteiger partial charge on any atom is 0.266 e. The Morgan fingerprint density at radius 2 is 2.03 bits per heavy atom. The Labute approximate surface area is 177 Å².